The Balaban J connectivity index is 2.21. The van der Waals surface area contributed by atoms with Gasteiger partial charge >= 0.3 is 11.9 Å². The van der Waals surface area contributed by atoms with Crippen LogP contribution in [0.4, 0.5) is 5.69 Å². The van der Waals surface area contributed by atoms with E-state index in [0.29, 0.717) is 18.4 Å². The summed E-state index contributed by atoms with van der Waals surface area (Å²) in [6, 6.07) is 5.71. The fourth-order valence-corrected chi connectivity index (χ4v) is 4.04. The first-order valence-electron chi connectivity index (χ1n) is 6.98. The lowest BCUT2D eigenvalue weighted by Gasteiger charge is -2.22. The summed E-state index contributed by atoms with van der Waals surface area (Å²) in [6.07, 6.45) is 2.88. The van der Waals surface area contributed by atoms with Crippen molar-refractivity contribution in [2.45, 2.75) is 24.5 Å². The summed E-state index contributed by atoms with van der Waals surface area (Å²) in [5.74, 6) is -1.75. The molecule has 0 aliphatic heterocycles. The number of anilines is 1. The maximum atomic E-state index is 12.4. The maximum absolute atomic E-state index is 12.4. The van der Waals surface area contributed by atoms with E-state index < -0.39 is 27.2 Å². The summed E-state index contributed by atoms with van der Waals surface area (Å²) < 4.78 is 31.8. The molecule has 8 heteroatoms. The lowest BCUT2D eigenvalue weighted by atomic mass is 9.99. The summed E-state index contributed by atoms with van der Waals surface area (Å²) in [5, 5.41) is 8.06. The second kappa shape index (κ2) is 6.82. The molecule has 1 aliphatic rings. The zero-order chi connectivity index (χ0) is 17.0. The Bertz CT molecular complexity index is 736. The average Bonchev–Trinajstić information content (AvgIpc) is 2.54. The number of carboxylic acids is 1. The SMILES string of the molecule is COC(=O)c1ccc(NS(=O)(=O)C2CCCC=C2C(=O)O)cc1. The Morgan fingerprint density at radius 3 is 2.48 bits per heavy atom. The molecule has 0 spiro atoms. The molecule has 124 valence electrons. The number of methoxy groups -OCH3 is 1. The monoisotopic (exact) mass is 339 g/mol. The molecule has 7 nitrogen and oxygen atoms in total. The third-order valence-corrected chi connectivity index (χ3v) is 5.33. The highest BCUT2D eigenvalue weighted by Crippen LogP contribution is 2.26. The Kier molecular flexibility index (Phi) is 5.05. The third-order valence-electron chi connectivity index (χ3n) is 3.57. The molecule has 1 atom stereocenters. The number of aliphatic carboxylic acids is 1. The lowest BCUT2D eigenvalue weighted by Crippen LogP contribution is -2.34. The summed E-state index contributed by atoms with van der Waals surface area (Å²) in [6.45, 7) is 0. The van der Waals surface area contributed by atoms with Crippen molar-refractivity contribution in [1.29, 1.82) is 0 Å². The van der Waals surface area contributed by atoms with E-state index in [1.165, 1.54) is 37.5 Å². The lowest BCUT2D eigenvalue weighted by molar-refractivity contribution is -0.132. The van der Waals surface area contributed by atoms with Gasteiger partial charge in [-0.05, 0) is 43.5 Å². The van der Waals surface area contributed by atoms with Crippen molar-refractivity contribution in [3.8, 4) is 0 Å². The number of sulfonamides is 1. The summed E-state index contributed by atoms with van der Waals surface area (Å²) in [4.78, 5) is 22.5. The summed E-state index contributed by atoms with van der Waals surface area (Å²) in [5.41, 5.74) is 0.446. The molecular weight excluding hydrogens is 322 g/mol. The van der Waals surface area contributed by atoms with Gasteiger partial charge < -0.3 is 9.84 Å². The van der Waals surface area contributed by atoms with E-state index in [1.807, 2.05) is 0 Å². The quantitative estimate of drug-likeness (QED) is 0.791. The number of hydrogen-bond acceptors (Lipinski definition) is 5. The Labute approximate surface area is 134 Å². The number of carbonyl (C=O) groups excluding carboxylic acids is 1. The molecule has 2 N–H and O–H groups in total. The molecule has 23 heavy (non-hydrogen) atoms. The predicted molar refractivity (Wildman–Crippen MR) is 83.7 cm³/mol. The number of hydrogen-bond donors (Lipinski definition) is 2. The number of carbonyl (C=O) groups is 2. The third kappa shape index (κ3) is 3.89. The number of ether oxygens (including phenoxy) is 1. The minimum atomic E-state index is -3.88. The zero-order valence-electron chi connectivity index (χ0n) is 12.5. The molecule has 0 heterocycles. The molecule has 0 bridgehead atoms. The van der Waals surface area contributed by atoms with Crippen molar-refractivity contribution in [2.75, 3.05) is 11.8 Å². The Morgan fingerprint density at radius 2 is 1.91 bits per heavy atom. The first kappa shape index (κ1) is 17.0. The zero-order valence-corrected chi connectivity index (χ0v) is 13.3. The molecule has 1 aromatic carbocycles. The molecule has 0 saturated heterocycles. The van der Waals surface area contributed by atoms with E-state index in [2.05, 4.69) is 9.46 Å². The van der Waals surface area contributed by atoms with E-state index in [9.17, 15) is 18.0 Å². The van der Waals surface area contributed by atoms with Gasteiger partial charge in [0.05, 0.1) is 18.2 Å². The maximum Gasteiger partial charge on any atom is 0.337 e. The molecule has 0 aromatic heterocycles. The van der Waals surface area contributed by atoms with Crippen molar-refractivity contribution in [3.05, 3.63) is 41.5 Å². The van der Waals surface area contributed by atoms with Crippen LogP contribution in [0.2, 0.25) is 0 Å². The normalized spacial score (nSPS) is 18.0. The van der Waals surface area contributed by atoms with Gasteiger partial charge in [-0.1, -0.05) is 6.08 Å². The highest BCUT2D eigenvalue weighted by Gasteiger charge is 2.34. The van der Waals surface area contributed by atoms with Crippen LogP contribution in [0.25, 0.3) is 0 Å². The number of nitrogens with one attached hydrogen (secondary N) is 1. The standard InChI is InChI=1S/C15H17NO6S/c1-22-15(19)10-6-8-11(9-7-10)16-23(20,21)13-5-3-2-4-12(13)14(17)18/h4,6-9,13,16H,2-3,5H2,1H3,(H,17,18). The smallest absolute Gasteiger partial charge is 0.337 e. The van der Waals surface area contributed by atoms with Crippen LogP contribution < -0.4 is 4.72 Å². The minimum absolute atomic E-state index is 0.102. The fraction of sp³-hybridized carbons (Fsp3) is 0.333. The molecule has 0 fully saturated rings. The van der Waals surface area contributed by atoms with Gasteiger partial charge in [-0.15, -0.1) is 0 Å². The van der Waals surface area contributed by atoms with Crippen LogP contribution >= 0.6 is 0 Å². The molecular formula is C15H17NO6S. The van der Waals surface area contributed by atoms with Crippen molar-refractivity contribution >= 4 is 27.6 Å². The van der Waals surface area contributed by atoms with Crippen LogP contribution in [0, 0.1) is 0 Å². The number of rotatable bonds is 5. The van der Waals surface area contributed by atoms with Gasteiger partial charge in [-0.25, -0.2) is 18.0 Å². The van der Waals surface area contributed by atoms with Gasteiger partial charge in [0.1, 0.15) is 5.25 Å². The van der Waals surface area contributed by atoms with Gasteiger partial charge in [0.25, 0.3) is 0 Å². The average molecular weight is 339 g/mol. The first-order valence-corrected chi connectivity index (χ1v) is 8.53. The summed E-state index contributed by atoms with van der Waals surface area (Å²) >= 11 is 0. The molecule has 2 rings (SSSR count). The number of carboxylic acid groups (broad SMARTS) is 1. The second-order valence-electron chi connectivity index (χ2n) is 5.10. The molecule has 1 aliphatic carbocycles. The van der Waals surface area contributed by atoms with Gasteiger partial charge in [0, 0.05) is 5.69 Å². The largest absolute Gasteiger partial charge is 0.478 e. The molecule has 1 unspecified atom stereocenters. The molecule has 0 saturated carbocycles. The van der Waals surface area contributed by atoms with Crippen LogP contribution in [-0.2, 0) is 19.6 Å². The number of allylic oxidation sites excluding steroid dienone is 1. The molecule has 0 amide bonds. The van der Waals surface area contributed by atoms with Crippen molar-refractivity contribution < 1.29 is 27.9 Å². The summed E-state index contributed by atoms with van der Waals surface area (Å²) in [7, 11) is -2.63. The van der Waals surface area contributed by atoms with E-state index in [4.69, 9.17) is 5.11 Å². The van der Waals surface area contributed by atoms with Crippen molar-refractivity contribution in [2.24, 2.45) is 0 Å². The van der Waals surface area contributed by atoms with E-state index in [-0.39, 0.29) is 17.7 Å². The minimum Gasteiger partial charge on any atom is -0.478 e. The van der Waals surface area contributed by atoms with Crippen molar-refractivity contribution in [3.63, 3.8) is 0 Å². The van der Waals surface area contributed by atoms with E-state index >= 15 is 0 Å². The number of esters is 1. The van der Waals surface area contributed by atoms with E-state index in [1.54, 1.807) is 0 Å². The topological polar surface area (TPSA) is 110 Å². The fourth-order valence-electron chi connectivity index (χ4n) is 2.42. The van der Waals surface area contributed by atoms with E-state index in [0.717, 1.165) is 0 Å². The van der Waals surface area contributed by atoms with Crippen LogP contribution in [-0.4, -0.2) is 37.8 Å². The van der Waals surface area contributed by atoms with Crippen molar-refractivity contribution in [1.82, 2.24) is 0 Å². The Hall–Kier alpha value is -2.35. The van der Waals surface area contributed by atoms with Crippen LogP contribution in [0.15, 0.2) is 35.9 Å². The van der Waals surface area contributed by atoms with Gasteiger partial charge in [0.2, 0.25) is 10.0 Å². The second-order valence-corrected chi connectivity index (χ2v) is 6.96. The Morgan fingerprint density at radius 1 is 1.26 bits per heavy atom. The molecule has 1 aromatic rings. The van der Waals surface area contributed by atoms with Gasteiger partial charge in [0.15, 0.2) is 0 Å². The predicted octanol–water partition coefficient (Wildman–Crippen LogP) is 1.78. The first-order chi connectivity index (χ1) is 10.8. The highest BCUT2D eigenvalue weighted by molar-refractivity contribution is 7.93. The van der Waals surface area contributed by atoms with Gasteiger partial charge in [-0.2, -0.15) is 0 Å². The van der Waals surface area contributed by atoms with Crippen LogP contribution in [0.1, 0.15) is 29.6 Å². The molecule has 0 radical (unpaired) electrons. The van der Waals surface area contributed by atoms with Crippen LogP contribution in [0.3, 0.4) is 0 Å². The van der Waals surface area contributed by atoms with Crippen LogP contribution in [0.5, 0.6) is 0 Å². The van der Waals surface area contributed by atoms with Gasteiger partial charge in [-0.3, -0.25) is 4.72 Å². The highest BCUT2D eigenvalue weighted by atomic mass is 32.2. The number of benzene rings is 1.